The van der Waals surface area contributed by atoms with Gasteiger partial charge in [-0.3, -0.25) is 0 Å². The van der Waals surface area contributed by atoms with Crippen molar-refractivity contribution in [1.29, 1.82) is 0 Å². The van der Waals surface area contributed by atoms with E-state index in [0.29, 0.717) is 27.5 Å². The summed E-state index contributed by atoms with van der Waals surface area (Å²) < 4.78 is 20.4. The molecule has 0 spiro atoms. The van der Waals surface area contributed by atoms with Crippen LogP contribution in [0.3, 0.4) is 0 Å². The second kappa shape index (κ2) is 6.80. The summed E-state index contributed by atoms with van der Waals surface area (Å²) in [6.07, 6.45) is 3.00. The van der Waals surface area contributed by atoms with Crippen LogP contribution < -0.4 is 4.74 Å². The SMILES string of the molecule is COC(=O)c1occc1COC(=O)C1=Cc2cc(Cl)ccc2OC1. The van der Waals surface area contributed by atoms with E-state index in [9.17, 15) is 9.59 Å². The van der Waals surface area contributed by atoms with Crippen molar-refractivity contribution in [3.05, 3.63) is 58.0 Å². The van der Waals surface area contributed by atoms with Crippen LogP contribution in [0.4, 0.5) is 0 Å². The van der Waals surface area contributed by atoms with Gasteiger partial charge in [0.15, 0.2) is 0 Å². The highest BCUT2D eigenvalue weighted by molar-refractivity contribution is 6.30. The van der Waals surface area contributed by atoms with Crippen molar-refractivity contribution in [3.8, 4) is 5.75 Å². The third-order valence-corrected chi connectivity index (χ3v) is 3.66. The highest BCUT2D eigenvalue weighted by Crippen LogP contribution is 2.29. The molecule has 24 heavy (non-hydrogen) atoms. The summed E-state index contributed by atoms with van der Waals surface area (Å²) >= 11 is 5.94. The number of hydrogen-bond acceptors (Lipinski definition) is 6. The van der Waals surface area contributed by atoms with Gasteiger partial charge in [0.1, 0.15) is 19.0 Å². The lowest BCUT2D eigenvalue weighted by atomic mass is 10.1. The first kappa shape index (κ1) is 16.1. The number of esters is 2. The van der Waals surface area contributed by atoms with E-state index in [2.05, 4.69) is 4.74 Å². The van der Waals surface area contributed by atoms with Gasteiger partial charge in [0.2, 0.25) is 5.76 Å². The molecule has 1 aliphatic heterocycles. The summed E-state index contributed by atoms with van der Waals surface area (Å²) in [6, 6.07) is 6.70. The molecule has 3 rings (SSSR count). The zero-order valence-corrected chi connectivity index (χ0v) is 13.5. The standard InChI is InChI=1S/C17H13ClO6/c1-21-17(20)15-10(4-5-22-15)8-24-16(19)12-6-11-7-13(18)2-3-14(11)23-9-12/h2-7H,8-9H2,1H3. The Morgan fingerprint density at radius 1 is 1.25 bits per heavy atom. The molecule has 0 amide bonds. The van der Waals surface area contributed by atoms with E-state index >= 15 is 0 Å². The Bertz CT molecular complexity index is 820. The first-order valence-electron chi connectivity index (χ1n) is 7.03. The fourth-order valence-electron chi connectivity index (χ4n) is 2.22. The van der Waals surface area contributed by atoms with Crippen molar-refractivity contribution in [2.45, 2.75) is 6.61 Å². The van der Waals surface area contributed by atoms with Crippen LogP contribution in [0, 0.1) is 0 Å². The van der Waals surface area contributed by atoms with E-state index < -0.39 is 11.9 Å². The Labute approximate surface area is 142 Å². The lowest BCUT2D eigenvalue weighted by molar-refractivity contribution is -0.140. The van der Waals surface area contributed by atoms with Gasteiger partial charge in [0.05, 0.1) is 18.9 Å². The number of rotatable bonds is 4. The number of carbonyl (C=O) groups excluding carboxylic acids is 2. The average Bonchev–Trinajstić information content (AvgIpc) is 3.06. The van der Waals surface area contributed by atoms with Gasteiger partial charge in [-0.05, 0) is 30.3 Å². The molecule has 0 saturated carbocycles. The van der Waals surface area contributed by atoms with Crippen LogP contribution in [0.2, 0.25) is 5.02 Å². The lowest BCUT2D eigenvalue weighted by Crippen LogP contribution is -2.17. The van der Waals surface area contributed by atoms with E-state index in [-0.39, 0.29) is 19.0 Å². The maximum Gasteiger partial charge on any atom is 0.374 e. The van der Waals surface area contributed by atoms with Gasteiger partial charge in [0.25, 0.3) is 0 Å². The van der Waals surface area contributed by atoms with Crippen molar-refractivity contribution in [1.82, 2.24) is 0 Å². The highest BCUT2D eigenvalue weighted by atomic mass is 35.5. The van der Waals surface area contributed by atoms with Gasteiger partial charge in [-0.15, -0.1) is 0 Å². The van der Waals surface area contributed by atoms with Gasteiger partial charge in [-0.25, -0.2) is 9.59 Å². The number of fused-ring (bicyclic) bond motifs is 1. The number of furan rings is 1. The molecule has 124 valence electrons. The fraction of sp³-hybridized carbons (Fsp3) is 0.176. The summed E-state index contributed by atoms with van der Waals surface area (Å²) in [5, 5.41) is 0.546. The maximum atomic E-state index is 12.2. The summed E-state index contributed by atoms with van der Waals surface area (Å²) in [4.78, 5) is 23.7. The first-order valence-corrected chi connectivity index (χ1v) is 7.41. The van der Waals surface area contributed by atoms with Crippen molar-refractivity contribution in [2.75, 3.05) is 13.7 Å². The van der Waals surface area contributed by atoms with Gasteiger partial charge in [-0.1, -0.05) is 11.6 Å². The normalized spacial score (nSPS) is 12.7. The predicted octanol–water partition coefficient (Wildman–Crippen LogP) is 3.24. The molecule has 0 fully saturated rings. The smallest absolute Gasteiger partial charge is 0.374 e. The van der Waals surface area contributed by atoms with Crippen molar-refractivity contribution in [3.63, 3.8) is 0 Å². The monoisotopic (exact) mass is 348 g/mol. The zero-order valence-electron chi connectivity index (χ0n) is 12.7. The third kappa shape index (κ3) is 3.28. The molecule has 7 heteroatoms. The Morgan fingerprint density at radius 2 is 2.08 bits per heavy atom. The Hall–Kier alpha value is -2.73. The molecule has 0 radical (unpaired) electrons. The van der Waals surface area contributed by atoms with Crippen LogP contribution in [-0.4, -0.2) is 25.7 Å². The number of hydrogen-bond donors (Lipinski definition) is 0. The lowest BCUT2D eigenvalue weighted by Gasteiger charge is -2.17. The van der Waals surface area contributed by atoms with Gasteiger partial charge in [0, 0.05) is 16.1 Å². The van der Waals surface area contributed by atoms with Gasteiger partial charge in [-0.2, -0.15) is 0 Å². The van der Waals surface area contributed by atoms with E-state index in [1.807, 2.05) is 0 Å². The molecule has 0 saturated heterocycles. The van der Waals surface area contributed by atoms with Crippen molar-refractivity contribution in [2.24, 2.45) is 0 Å². The summed E-state index contributed by atoms with van der Waals surface area (Å²) in [6.45, 7) is -0.0117. The Balaban J connectivity index is 1.70. The number of benzene rings is 1. The molecule has 0 aliphatic carbocycles. The summed E-state index contributed by atoms with van der Waals surface area (Å²) in [7, 11) is 1.24. The minimum Gasteiger partial charge on any atom is -0.488 e. The Kier molecular flexibility index (Phi) is 4.57. The number of ether oxygens (including phenoxy) is 3. The second-order valence-electron chi connectivity index (χ2n) is 4.98. The van der Waals surface area contributed by atoms with Crippen LogP contribution in [-0.2, 0) is 20.9 Å². The first-order chi connectivity index (χ1) is 11.6. The quantitative estimate of drug-likeness (QED) is 0.790. The topological polar surface area (TPSA) is 75.0 Å². The highest BCUT2D eigenvalue weighted by Gasteiger charge is 2.21. The molecule has 1 aliphatic rings. The molecule has 6 nitrogen and oxygen atoms in total. The third-order valence-electron chi connectivity index (χ3n) is 3.42. The van der Waals surface area contributed by atoms with E-state index in [4.69, 9.17) is 25.5 Å². The van der Waals surface area contributed by atoms with Crippen LogP contribution in [0.25, 0.3) is 6.08 Å². The molecular formula is C17H13ClO6. The minimum atomic E-state index is -0.630. The number of methoxy groups -OCH3 is 1. The fourth-order valence-corrected chi connectivity index (χ4v) is 2.40. The van der Waals surface area contributed by atoms with Crippen molar-refractivity contribution < 1.29 is 28.2 Å². The van der Waals surface area contributed by atoms with Gasteiger partial charge < -0.3 is 18.6 Å². The molecule has 0 N–H and O–H groups in total. The molecule has 1 aromatic carbocycles. The van der Waals surface area contributed by atoms with E-state index in [1.54, 1.807) is 30.3 Å². The molecular weight excluding hydrogens is 336 g/mol. The van der Waals surface area contributed by atoms with Gasteiger partial charge >= 0.3 is 11.9 Å². The van der Waals surface area contributed by atoms with Crippen LogP contribution in [0.1, 0.15) is 21.7 Å². The zero-order chi connectivity index (χ0) is 17.1. The van der Waals surface area contributed by atoms with Crippen LogP contribution >= 0.6 is 11.6 Å². The largest absolute Gasteiger partial charge is 0.488 e. The molecule has 1 aromatic heterocycles. The molecule has 2 heterocycles. The maximum absolute atomic E-state index is 12.2. The summed E-state index contributed by atoms with van der Waals surface area (Å²) in [5.41, 5.74) is 1.49. The van der Waals surface area contributed by atoms with Crippen LogP contribution in [0.15, 0.2) is 40.5 Å². The predicted molar refractivity (Wildman–Crippen MR) is 84.8 cm³/mol. The molecule has 0 atom stereocenters. The molecule has 2 aromatic rings. The second-order valence-corrected chi connectivity index (χ2v) is 5.42. The minimum absolute atomic E-state index is 0.0105. The summed E-state index contributed by atoms with van der Waals surface area (Å²) in [5.74, 6) is -0.512. The Morgan fingerprint density at radius 3 is 2.88 bits per heavy atom. The number of halogens is 1. The number of carbonyl (C=O) groups is 2. The molecule has 0 unspecified atom stereocenters. The van der Waals surface area contributed by atoms with E-state index in [0.717, 1.165) is 0 Å². The van der Waals surface area contributed by atoms with Crippen LogP contribution in [0.5, 0.6) is 5.75 Å². The molecule has 0 bridgehead atoms. The van der Waals surface area contributed by atoms with E-state index in [1.165, 1.54) is 13.4 Å². The average molecular weight is 349 g/mol. The van der Waals surface area contributed by atoms with Crippen molar-refractivity contribution >= 4 is 29.6 Å².